The van der Waals surface area contributed by atoms with Gasteiger partial charge in [-0.2, -0.15) is 0 Å². The lowest BCUT2D eigenvalue weighted by Crippen LogP contribution is -2.15. The molecule has 134 valence electrons. The molecule has 2 heterocycles. The van der Waals surface area contributed by atoms with Crippen LogP contribution in [-0.4, -0.2) is 24.7 Å². The van der Waals surface area contributed by atoms with E-state index in [-0.39, 0.29) is 11.2 Å². The molecule has 3 aromatic rings. The van der Waals surface area contributed by atoms with Crippen molar-refractivity contribution in [3.8, 4) is 11.4 Å². The summed E-state index contributed by atoms with van der Waals surface area (Å²) in [5, 5.41) is 10.2. The van der Waals surface area contributed by atoms with Gasteiger partial charge in [-0.25, -0.2) is 14.4 Å². The Morgan fingerprint density at radius 1 is 1.12 bits per heavy atom. The topological polar surface area (TPSA) is 56.5 Å². The lowest BCUT2D eigenvalue weighted by molar-refractivity contribution is 0.538. The Morgan fingerprint density at radius 2 is 1.88 bits per heavy atom. The number of hydrogen-bond acceptors (Lipinski definition) is 5. The summed E-state index contributed by atoms with van der Waals surface area (Å²) in [6.07, 6.45) is 3.89. The summed E-state index contributed by atoms with van der Waals surface area (Å²) in [7, 11) is 0. The number of aromatic nitrogens is 5. The molecule has 1 aliphatic rings. The standard InChI is InChI=1S/C19H20FN5S/c1-19(2,3)17-21-11-10-15(22-17)26-18-24-23-16(25(18)12-8-9-12)13-6-4-5-7-14(13)20/h4-7,10-12H,8-9H2,1-3H3. The normalized spacial score (nSPS) is 14.6. The van der Waals surface area contributed by atoms with Crippen molar-refractivity contribution in [1.29, 1.82) is 0 Å². The van der Waals surface area contributed by atoms with Crippen LogP contribution in [0.25, 0.3) is 11.4 Å². The summed E-state index contributed by atoms with van der Waals surface area (Å²) in [5.74, 6) is 1.09. The maximum Gasteiger partial charge on any atom is 0.198 e. The van der Waals surface area contributed by atoms with Crippen molar-refractivity contribution in [2.24, 2.45) is 0 Å². The molecule has 1 aromatic carbocycles. The van der Waals surface area contributed by atoms with Crippen LogP contribution >= 0.6 is 11.8 Å². The molecule has 5 nitrogen and oxygen atoms in total. The van der Waals surface area contributed by atoms with Gasteiger partial charge < -0.3 is 0 Å². The van der Waals surface area contributed by atoms with Crippen LogP contribution in [0.2, 0.25) is 0 Å². The molecular formula is C19H20FN5S. The molecule has 0 saturated heterocycles. The van der Waals surface area contributed by atoms with Gasteiger partial charge in [-0.3, -0.25) is 4.57 Å². The van der Waals surface area contributed by atoms with Crippen LogP contribution in [0, 0.1) is 5.82 Å². The fraction of sp³-hybridized carbons (Fsp3) is 0.368. The molecule has 0 atom stereocenters. The second-order valence-electron chi connectivity index (χ2n) is 7.46. The maximum atomic E-state index is 14.3. The Labute approximate surface area is 156 Å². The molecule has 0 N–H and O–H groups in total. The molecule has 0 aliphatic heterocycles. The second kappa shape index (κ2) is 6.46. The van der Waals surface area contributed by atoms with Gasteiger partial charge in [0.15, 0.2) is 11.0 Å². The van der Waals surface area contributed by atoms with Gasteiger partial charge in [0.25, 0.3) is 0 Å². The van der Waals surface area contributed by atoms with E-state index in [1.165, 1.54) is 17.8 Å². The van der Waals surface area contributed by atoms with Crippen molar-refractivity contribution in [3.63, 3.8) is 0 Å². The smallest absolute Gasteiger partial charge is 0.198 e. The van der Waals surface area contributed by atoms with E-state index >= 15 is 0 Å². The monoisotopic (exact) mass is 369 g/mol. The molecule has 26 heavy (non-hydrogen) atoms. The van der Waals surface area contributed by atoms with E-state index in [1.807, 2.05) is 16.7 Å². The molecule has 1 aliphatic carbocycles. The molecule has 1 saturated carbocycles. The second-order valence-corrected chi connectivity index (χ2v) is 8.45. The van der Waals surface area contributed by atoms with E-state index in [2.05, 4.69) is 40.9 Å². The molecule has 0 unspecified atom stereocenters. The fourth-order valence-electron chi connectivity index (χ4n) is 2.69. The van der Waals surface area contributed by atoms with Crippen LogP contribution in [-0.2, 0) is 5.41 Å². The Balaban J connectivity index is 1.72. The predicted octanol–water partition coefficient (Wildman–Crippen LogP) is 4.66. The lowest BCUT2D eigenvalue weighted by Gasteiger charge is -2.16. The molecule has 7 heteroatoms. The van der Waals surface area contributed by atoms with Crippen LogP contribution < -0.4 is 0 Å². The summed E-state index contributed by atoms with van der Waals surface area (Å²) in [5.41, 5.74) is 0.357. The average Bonchev–Trinajstić information content (AvgIpc) is 3.36. The zero-order valence-electron chi connectivity index (χ0n) is 15.0. The minimum absolute atomic E-state index is 0.126. The molecule has 1 fully saturated rings. The van der Waals surface area contributed by atoms with Crippen LogP contribution in [0.1, 0.15) is 45.5 Å². The molecule has 0 spiro atoms. The number of benzene rings is 1. The van der Waals surface area contributed by atoms with Gasteiger partial charge in [-0.15, -0.1) is 10.2 Å². The zero-order valence-corrected chi connectivity index (χ0v) is 15.8. The van der Waals surface area contributed by atoms with E-state index < -0.39 is 0 Å². The average molecular weight is 369 g/mol. The molecule has 0 amide bonds. The van der Waals surface area contributed by atoms with Crippen molar-refractivity contribution < 1.29 is 4.39 Å². The Morgan fingerprint density at radius 3 is 2.58 bits per heavy atom. The van der Waals surface area contributed by atoms with E-state index in [0.29, 0.717) is 17.4 Å². The van der Waals surface area contributed by atoms with Crippen LogP contribution in [0.15, 0.2) is 46.7 Å². The highest BCUT2D eigenvalue weighted by molar-refractivity contribution is 7.99. The first-order valence-electron chi connectivity index (χ1n) is 8.64. The molecule has 0 bridgehead atoms. The van der Waals surface area contributed by atoms with Gasteiger partial charge in [-0.1, -0.05) is 32.9 Å². The number of hydrogen-bond donors (Lipinski definition) is 0. The third kappa shape index (κ3) is 3.35. The fourth-order valence-corrected chi connectivity index (χ4v) is 3.55. The highest BCUT2D eigenvalue weighted by atomic mass is 32.2. The summed E-state index contributed by atoms with van der Waals surface area (Å²) < 4.78 is 16.3. The van der Waals surface area contributed by atoms with Crippen molar-refractivity contribution in [2.45, 2.75) is 55.3 Å². The van der Waals surface area contributed by atoms with Gasteiger partial charge in [0.05, 0.1) is 5.56 Å². The first kappa shape index (κ1) is 17.1. The van der Waals surface area contributed by atoms with E-state index in [9.17, 15) is 4.39 Å². The minimum Gasteiger partial charge on any atom is -0.299 e. The predicted molar refractivity (Wildman–Crippen MR) is 98.5 cm³/mol. The summed E-state index contributed by atoms with van der Waals surface area (Å²) >= 11 is 1.45. The van der Waals surface area contributed by atoms with E-state index in [4.69, 9.17) is 0 Å². The highest BCUT2D eigenvalue weighted by Crippen LogP contribution is 2.42. The Hall–Kier alpha value is -2.28. The lowest BCUT2D eigenvalue weighted by atomic mass is 9.96. The number of nitrogens with zero attached hydrogens (tertiary/aromatic N) is 5. The van der Waals surface area contributed by atoms with Crippen molar-refractivity contribution in [3.05, 3.63) is 48.2 Å². The van der Waals surface area contributed by atoms with Gasteiger partial charge in [0, 0.05) is 17.7 Å². The SMILES string of the molecule is CC(C)(C)c1nccc(Sc2nnc(-c3ccccc3F)n2C2CC2)n1. The molecule has 0 radical (unpaired) electrons. The van der Waals surface area contributed by atoms with Crippen LogP contribution in [0.3, 0.4) is 0 Å². The minimum atomic E-state index is -0.282. The van der Waals surface area contributed by atoms with Crippen LogP contribution in [0.5, 0.6) is 0 Å². The number of halogens is 1. The third-order valence-electron chi connectivity index (χ3n) is 4.19. The van der Waals surface area contributed by atoms with Crippen LogP contribution in [0.4, 0.5) is 4.39 Å². The Kier molecular flexibility index (Phi) is 4.26. The van der Waals surface area contributed by atoms with Crippen molar-refractivity contribution in [2.75, 3.05) is 0 Å². The number of rotatable bonds is 4. The van der Waals surface area contributed by atoms with Gasteiger partial charge in [-0.05, 0) is 42.8 Å². The summed E-state index contributed by atoms with van der Waals surface area (Å²) in [4.78, 5) is 9.03. The molecular weight excluding hydrogens is 349 g/mol. The Bertz CT molecular complexity index is 943. The van der Waals surface area contributed by atoms with Crippen molar-refractivity contribution >= 4 is 11.8 Å². The first-order chi connectivity index (χ1) is 12.4. The third-order valence-corrected chi connectivity index (χ3v) is 5.09. The van der Waals surface area contributed by atoms with Gasteiger partial charge >= 0.3 is 0 Å². The summed E-state index contributed by atoms with van der Waals surface area (Å²) in [6.45, 7) is 6.25. The highest BCUT2D eigenvalue weighted by Gasteiger charge is 2.31. The molecule has 4 rings (SSSR count). The van der Waals surface area contributed by atoms with E-state index in [1.54, 1.807) is 18.3 Å². The van der Waals surface area contributed by atoms with Crippen molar-refractivity contribution in [1.82, 2.24) is 24.7 Å². The summed E-state index contributed by atoms with van der Waals surface area (Å²) in [6, 6.07) is 8.89. The molecule has 2 aromatic heterocycles. The van der Waals surface area contributed by atoms with E-state index in [0.717, 1.165) is 28.8 Å². The first-order valence-corrected chi connectivity index (χ1v) is 9.46. The maximum absolute atomic E-state index is 14.3. The quantitative estimate of drug-likeness (QED) is 0.626. The largest absolute Gasteiger partial charge is 0.299 e. The van der Waals surface area contributed by atoms with Gasteiger partial charge in [0.2, 0.25) is 0 Å². The zero-order chi connectivity index (χ0) is 18.3. The van der Waals surface area contributed by atoms with Gasteiger partial charge in [0.1, 0.15) is 16.7 Å².